The van der Waals surface area contributed by atoms with Gasteiger partial charge in [-0.3, -0.25) is 4.79 Å². The zero-order valence-electron chi connectivity index (χ0n) is 19.0. The highest BCUT2D eigenvalue weighted by Crippen LogP contribution is 2.25. The number of ether oxygens (including phenoxy) is 1. The first-order valence-corrected chi connectivity index (χ1v) is 13.1. The van der Waals surface area contributed by atoms with Crippen molar-refractivity contribution in [3.63, 3.8) is 0 Å². The number of hydrogen-bond acceptors (Lipinski definition) is 4. The Hall–Kier alpha value is -3.36. The Balaban J connectivity index is 1.50. The Labute approximate surface area is 220 Å². The lowest BCUT2D eigenvalue weighted by Crippen LogP contribution is -2.37. The minimum Gasteiger partial charge on any atom is -0.457 e. The molecule has 0 heterocycles. The Morgan fingerprint density at radius 2 is 1.39 bits per heavy atom. The van der Waals surface area contributed by atoms with E-state index in [1.54, 1.807) is 48.5 Å². The van der Waals surface area contributed by atoms with Gasteiger partial charge in [0.25, 0.3) is 0 Å². The number of hydrogen-bond donors (Lipinski definition) is 1. The van der Waals surface area contributed by atoms with Crippen LogP contribution in [0.5, 0.6) is 11.5 Å². The van der Waals surface area contributed by atoms with E-state index in [1.165, 1.54) is 24.3 Å². The Kier molecular flexibility index (Phi) is 8.28. The maximum absolute atomic E-state index is 13.4. The SMILES string of the molecule is O=C(CN(Cc1ccccc1Cl)S(=O)(=O)c1ccc(Cl)cc1)Nc1ccc(Oc2ccccc2)cc1. The summed E-state index contributed by atoms with van der Waals surface area (Å²) < 4.78 is 33.7. The van der Waals surface area contributed by atoms with Gasteiger partial charge >= 0.3 is 0 Å². The smallest absolute Gasteiger partial charge is 0.243 e. The zero-order chi connectivity index (χ0) is 25.5. The number of rotatable bonds is 9. The van der Waals surface area contributed by atoms with Gasteiger partial charge in [0, 0.05) is 22.3 Å². The van der Waals surface area contributed by atoms with Gasteiger partial charge in [0.15, 0.2) is 0 Å². The lowest BCUT2D eigenvalue weighted by molar-refractivity contribution is -0.116. The average Bonchev–Trinajstić information content (AvgIpc) is 2.87. The number of sulfonamides is 1. The highest BCUT2D eigenvalue weighted by molar-refractivity contribution is 7.89. The number of benzene rings is 4. The largest absolute Gasteiger partial charge is 0.457 e. The summed E-state index contributed by atoms with van der Waals surface area (Å²) in [5.74, 6) is 0.790. The number of nitrogens with one attached hydrogen (secondary N) is 1. The molecule has 0 aromatic heterocycles. The summed E-state index contributed by atoms with van der Waals surface area (Å²) in [6.07, 6.45) is 0. The van der Waals surface area contributed by atoms with Crippen molar-refractivity contribution in [3.8, 4) is 11.5 Å². The van der Waals surface area contributed by atoms with Gasteiger partial charge in [0.1, 0.15) is 11.5 Å². The minimum atomic E-state index is -4.03. The molecular formula is C27H22Cl2N2O4S. The van der Waals surface area contributed by atoms with Gasteiger partial charge in [-0.25, -0.2) is 8.42 Å². The fourth-order valence-electron chi connectivity index (χ4n) is 3.39. The highest BCUT2D eigenvalue weighted by Gasteiger charge is 2.27. The fourth-order valence-corrected chi connectivity index (χ4v) is 5.09. The van der Waals surface area contributed by atoms with Crippen molar-refractivity contribution in [2.75, 3.05) is 11.9 Å². The van der Waals surface area contributed by atoms with Crippen LogP contribution in [-0.2, 0) is 21.4 Å². The standard InChI is InChI=1S/C27H22Cl2N2O4S/c28-21-10-16-25(17-11-21)36(33,34)31(18-20-6-4-5-9-26(20)29)19-27(32)30-22-12-14-24(15-13-22)35-23-7-2-1-3-8-23/h1-17H,18-19H2,(H,30,32). The average molecular weight is 541 g/mol. The van der Waals surface area contributed by atoms with Crippen molar-refractivity contribution in [1.29, 1.82) is 0 Å². The van der Waals surface area contributed by atoms with Crippen molar-refractivity contribution in [2.45, 2.75) is 11.4 Å². The molecule has 4 aromatic rings. The van der Waals surface area contributed by atoms with E-state index in [0.717, 1.165) is 4.31 Å². The second-order valence-electron chi connectivity index (χ2n) is 7.81. The van der Waals surface area contributed by atoms with Gasteiger partial charge in [-0.15, -0.1) is 0 Å². The molecule has 0 aliphatic carbocycles. The molecule has 0 unspecified atom stereocenters. The number of carbonyl (C=O) groups is 1. The van der Waals surface area contributed by atoms with Crippen LogP contribution in [0, 0.1) is 0 Å². The van der Waals surface area contributed by atoms with Crippen molar-refractivity contribution < 1.29 is 17.9 Å². The molecule has 4 aromatic carbocycles. The van der Waals surface area contributed by atoms with Crippen LogP contribution in [-0.4, -0.2) is 25.2 Å². The second kappa shape index (κ2) is 11.6. The molecule has 0 spiro atoms. The summed E-state index contributed by atoms with van der Waals surface area (Å²) in [4.78, 5) is 12.9. The molecule has 9 heteroatoms. The summed E-state index contributed by atoms with van der Waals surface area (Å²) in [6, 6.07) is 28.8. The summed E-state index contributed by atoms with van der Waals surface area (Å²) in [5.41, 5.74) is 1.08. The summed E-state index contributed by atoms with van der Waals surface area (Å²) >= 11 is 12.2. The topological polar surface area (TPSA) is 75.7 Å². The first-order chi connectivity index (χ1) is 17.3. The predicted molar refractivity (Wildman–Crippen MR) is 142 cm³/mol. The van der Waals surface area contributed by atoms with Crippen LogP contribution in [0.2, 0.25) is 10.0 Å². The van der Waals surface area contributed by atoms with Gasteiger partial charge in [-0.1, -0.05) is 59.6 Å². The van der Waals surface area contributed by atoms with E-state index in [9.17, 15) is 13.2 Å². The zero-order valence-corrected chi connectivity index (χ0v) is 21.3. The van der Waals surface area contributed by atoms with Crippen LogP contribution in [0.3, 0.4) is 0 Å². The maximum atomic E-state index is 13.4. The third-order valence-electron chi connectivity index (χ3n) is 5.19. The Morgan fingerprint density at radius 1 is 0.778 bits per heavy atom. The van der Waals surface area contributed by atoms with Crippen molar-refractivity contribution in [2.24, 2.45) is 0 Å². The van der Waals surface area contributed by atoms with Crippen LogP contribution >= 0.6 is 23.2 Å². The predicted octanol–water partition coefficient (Wildman–Crippen LogP) is 6.62. The molecule has 0 bridgehead atoms. The second-order valence-corrected chi connectivity index (χ2v) is 10.6. The normalized spacial score (nSPS) is 11.3. The highest BCUT2D eigenvalue weighted by atomic mass is 35.5. The van der Waals surface area contributed by atoms with Gasteiger partial charge in [-0.05, 0) is 72.3 Å². The van der Waals surface area contributed by atoms with Crippen molar-refractivity contribution in [1.82, 2.24) is 4.31 Å². The molecule has 6 nitrogen and oxygen atoms in total. The molecule has 0 saturated carbocycles. The lowest BCUT2D eigenvalue weighted by atomic mass is 10.2. The number of anilines is 1. The third-order valence-corrected chi connectivity index (χ3v) is 7.62. The Bertz CT molecular complexity index is 1430. The van der Waals surface area contributed by atoms with E-state index in [2.05, 4.69) is 5.32 Å². The van der Waals surface area contributed by atoms with Crippen LogP contribution < -0.4 is 10.1 Å². The maximum Gasteiger partial charge on any atom is 0.243 e. The van der Waals surface area contributed by atoms with Crippen LogP contribution in [0.15, 0.2) is 108 Å². The van der Waals surface area contributed by atoms with Gasteiger partial charge in [0.05, 0.1) is 11.4 Å². The Morgan fingerprint density at radius 3 is 2.06 bits per heavy atom. The molecule has 0 saturated heterocycles. The molecule has 0 radical (unpaired) electrons. The molecule has 36 heavy (non-hydrogen) atoms. The monoisotopic (exact) mass is 540 g/mol. The number of carbonyl (C=O) groups excluding carboxylic acids is 1. The van der Waals surface area contributed by atoms with Crippen LogP contribution in [0.1, 0.15) is 5.56 Å². The van der Waals surface area contributed by atoms with Gasteiger partial charge < -0.3 is 10.1 Å². The molecule has 4 rings (SSSR count). The molecule has 0 aliphatic rings. The minimum absolute atomic E-state index is 0.0224. The van der Waals surface area contributed by atoms with E-state index in [-0.39, 0.29) is 11.4 Å². The van der Waals surface area contributed by atoms with E-state index >= 15 is 0 Å². The van der Waals surface area contributed by atoms with E-state index in [1.807, 2.05) is 30.3 Å². The molecule has 0 atom stereocenters. The van der Waals surface area contributed by atoms with Gasteiger partial charge in [-0.2, -0.15) is 4.31 Å². The first-order valence-electron chi connectivity index (χ1n) is 10.9. The lowest BCUT2D eigenvalue weighted by Gasteiger charge is -2.22. The summed E-state index contributed by atoms with van der Waals surface area (Å²) in [7, 11) is -4.03. The molecule has 184 valence electrons. The summed E-state index contributed by atoms with van der Waals surface area (Å²) in [6.45, 7) is -0.500. The van der Waals surface area contributed by atoms with Gasteiger partial charge in [0.2, 0.25) is 15.9 Å². The quantitative estimate of drug-likeness (QED) is 0.259. The molecular weight excluding hydrogens is 519 g/mol. The van der Waals surface area contributed by atoms with E-state index in [4.69, 9.17) is 27.9 Å². The fraction of sp³-hybridized carbons (Fsp3) is 0.0741. The van der Waals surface area contributed by atoms with Crippen molar-refractivity contribution in [3.05, 3.63) is 119 Å². The molecule has 0 fully saturated rings. The number of amides is 1. The third kappa shape index (κ3) is 6.65. The van der Waals surface area contributed by atoms with Crippen LogP contribution in [0.4, 0.5) is 5.69 Å². The first kappa shape index (κ1) is 25.7. The number of para-hydroxylation sites is 1. The van der Waals surface area contributed by atoms with Crippen molar-refractivity contribution >= 4 is 44.8 Å². The molecule has 0 aliphatic heterocycles. The molecule has 1 amide bonds. The van der Waals surface area contributed by atoms with E-state index in [0.29, 0.717) is 32.8 Å². The number of halogens is 2. The van der Waals surface area contributed by atoms with E-state index < -0.39 is 22.5 Å². The molecule has 1 N–H and O–H groups in total. The van der Waals surface area contributed by atoms with Crippen LogP contribution in [0.25, 0.3) is 0 Å². The number of nitrogens with zero attached hydrogens (tertiary/aromatic N) is 1. The summed E-state index contributed by atoms with van der Waals surface area (Å²) in [5, 5.41) is 3.55.